The third-order valence-corrected chi connectivity index (χ3v) is 6.61. The first-order valence-corrected chi connectivity index (χ1v) is 10.6. The third kappa shape index (κ3) is 3.95. The molecule has 0 fully saturated rings. The van der Waals surface area contributed by atoms with Crippen LogP contribution < -0.4 is 10.6 Å². The number of carbonyl (C=O) groups is 2. The summed E-state index contributed by atoms with van der Waals surface area (Å²) < 4.78 is 0. The molecule has 7 heteroatoms. The fourth-order valence-electron chi connectivity index (χ4n) is 2.99. The zero-order valence-electron chi connectivity index (χ0n) is 15.5. The molecule has 0 spiro atoms. The second kappa shape index (κ2) is 7.77. The largest absolute Gasteiger partial charge is 0.324 e. The molecule has 2 N–H and O–H groups in total. The second-order valence-corrected chi connectivity index (χ2v) is 9.08. The monoisotopic (exact) mass is 409 g/mol. The van der Waals surface area contributed by atoms with Gasteiger partial charge in [0.05, 0.1) is 16.6 Å². The summed E-state index contributed by atoms with van der Waals surface area (Å²) >= 11 is 2.86. The van der Waals surface area contributed by atoms with Gasteiger partial charge in [-0.2, -0.15) is 0 Å². The van der Waals surface area contributed by atoms with Crippen molar-refractivity contribution in [3.63, 3.8) is 0 Å². The van der Waals surface area contributed by atoms with E-state index in [9.17, 15) is 9.59 Å². The van der Waals surface area contributed by atoms with E-state index < -0.39 is 5.25 Å². The van der Waals surface area contributed by atoms with Crippen molar-refractivity contribution >= 4 is 45.7 Å². The number of aromatic nitrogens is 1. The molecule has 0 bridgehead atoms. The van der Waals surface area contributed by atoms with Crippen LogP contribution >= 0.6 is 23.1 Å². The summed E-state index contributed by atoms with van der Waals surface area (Å²) in [5.74, 6) is -0.356. The average molecular weight is 410 g/mol. The van der Waals surface area contributed by atoms with Crippen LogP contribution in [0, 0.1) is 13.8 Å². The zero-order valence-corrected chi connectivity index (χ0v) is 17.1. The van der Waals surface area contributed by atoms with Gasteiger partial charge in [0.25, 0.3) is 0 Å². The summed E-state index contributed by atoms with van der Waals surface area (Å²) in [6, 6.07) is 15.8. The Morgan fingerprint density at radius 2 is 1.89 bits per heavy atom. The Labute approximate surface area is 171 Å². The van der Waals surface area contributed by atoms with Crippen LogP contribution in [-0.4, -0.2) is 22.0 Å². The summed E-state index contributed by atoms with van der Waals surface area (Å²) in [4.78, 5) is 31.4. The molecule has 2 amide bonds. The van der Waals surface area contributed by atoms with Gasteiger partial charge >= 0.3 is 0 Å². The van der Waals surface area contributed by atoms with Gasteiger partial charge in [-0.05, 0) is 26.0 Å². The Balaban J connectivity index is 1.44. The lowest BCUT2D eigenvalue weighted by Gasteiger charge is -2.23. The predicted molar refractivity (Wildman–Crippen MR) is 115 cm³/mol. The van der Waals surface area contributed by atoms with E-state index in [0.717, 1.165) is 26.7 Å². The lowest BCUT2D eigenvalue weighted by molar-refractivity contribution is -0.120. The zero-order chi connectivity index (χ0) is 19.7. The van der Waals surface area contributed by atoms with E-state index in [1.54, 1.807) is 0 Å². The molecule has 1 unspecified atom stereocenters. The van der Waals surface area contributed by atoms with Gasteiger partial charge < -0.3 is 10.6 Å². The van der Waals surface area contributed by atoms with Crippen LogP contribution in [0.1, 0.15) is 16.9 Å². The molecule has 2 heterocycles. The molecule has 28 heavy (non-hydrogen) atoms. The Kier molecular flexibility index (Phi) is 5.19. The predicted octanol–water partition coefficient (Wildman–Crippen LogP) is 4.87. The molecule has 1 atom stereocenters. The van der Waals surface area contributed by atoms with Gasteiger partial charge in [-0.15, -0.1) is 23.1 Å². The van der Waals surface area contributed by atoms with Crippen molar-refractivity contribution in [2.45, 2.75) is 30.4 Å². The molecule has 5 nitrogen and oxygen atoms in total. The quantitative estimate of drug-likeness (QED) is 0.645. The first-order valence-electron chi connectivity index (χ1n) is 8.90. The minimum absolute atomic E-state index is 0.101. The van der Waals surface area contributed by atoms with Crippen LogP contribution in [0.15, 0.2) is 53.4 Å². The van der Waals surface area contributed by atoms with E-state index >= 15 is 0 Å². The third-order valence-electron chi connectivity index (χ3n) is 4.45. The van der Waals surface area contributed by atoms with E-state index in [4.69, 9.17) is 0 Å². The highest BCUT2D eigenvalue weighted by atomic mass is 32.2. The fraction of sp³-hybridized carbons (Fsp3) is 0.190. The van der Waals surface area contributed by atoms with Crippen molar-refractivity contribution < 1.29 is 9.59 Å². The number of thiazole rings is 1. The molecule has 0 saturated carbocycles. The molecule has 4 rings (SSSR count). The maximum atomic E-state index is 12.5. The molecule has 0 saturated heterocycles. The van der Waals surface area contributed by atoms with E-state index in [0.29, 0.717) is 5.13 Å². The molecule has 0 radical (unpaired) electrons. The van der Waals surface area contributed by atoms with E-state index in [1.807, 2.05) is 62.4 Å². The van der Waals surface area contributed by atoms with Crippen LogP contribution in [0.25, 0.3) is 11.3 Å². The van der Waals surface area contributed by atoms with E-state index in [-0.39, 0.29) is 18.2 Å². The highest BCUT2D eigenvalue weighted by Crippen LogP contribution is 2.37. The minimum Gasteiger partial charge on any atom is -0.324 e. The number of para-hydroxylation sites is 1. The molecule has 0 aliphatic carbocycles. The van der Waals surface area contributed by atoms with Crippen LogP contribution in [0.4, 0.5) is 10.8 Å². The van der Waals surface area contributed by atoms with Crippen molar-refractivity contribution in [1.82, 2.24) is 4.98 Å². The summed E-state index contributed by atoms with van der Waals surface area (Å²) in [5, 5.41) is 5.82. The molecule has 1 aliphatic rings. The lowest BCUT2D eigenvalue weighted by atomic mass is 10.1. The molecular formula is C21H19N3O2S2. The number of amides is 2. The highest BCUT2D eigenvalue weighted by Gasteiger charge is 2.29. The summed E-state index contributed by atoms with van der Waals surface area (Å²) in [7, 11) is 0. The number of hydrogen-bond donors (Lipinski definition) is 2. The first-order chi connectivity index (χ1) is 13.5. The molecule has 1 aliphatic heterocycles. The smallest absolute Gasteiger partial charge is 0.238 e. The van der Waals surface area contributed by atoms with Crippen molar-refractivity contribution in [3.8, 4) is 11.3 Å². The molecule has 142 valence electrons. The van der Waals surface area contributed by atoms with Crippen LogP contribution in [0.2, 0.25) is 0 Å². The number of hydrogen-bond acceptors (Lipinski definition) is 5. The maximum Gasteiger partial charge on any atom is 0.238 e. The number of anilines is 2. The first kappa shape index (κ1) is 18.7. The van der Waals surface area contributed by atoms with Gasteiger partial charge in [0.15, 0.2) is 5.13 Å². The van der Waals surface area contributed by atoms with Crippen LogP contribution in [-0.2, 0) is 9.59 Å². The number of aryl methyl sites for hydroxylation is 2. The summed E-state index contributed by atoms with van der Waals surface area (Å²) in [6.45, 7) is 4.03. The molecule has 1 aromatic heterocycles. The molecular weight excluding hydrogens is 390 g/mol. The van der Waals surface area contributed by atoms with Gasteiger partial charge in [-0.3, -0.25) is 9.59 Å². The SMILES string of the molecule is Cc1ccc(-c2nc(NC(=O)CC3Sc4ccccc4NC3=O)sc2C)cc1. The fourth-order valence-corrected chi connectivity index (χ4v) is 4.96. The van der Waals surface area contributed by atoms with Gasteiger partial charge in [-0.1, -0.05) is 42.0 Å². The number of nitrogens with zero attached hydrogens (tertiary/aromatic N) is 1. The Bertz CT molecular complexity index is 1040. The Morgan fingerprint density at radius 1 is 1.14 bits per heavy atom. The number of rotatable bonds is 4. The van der Waals surface area contributed by atoms with Crippen molar-refractivity contribution in [2.24, 2.45) is 0 Å². The van der Waals surface area contributed by atoms with Crippen LogP contribution in [0.5, 0.6) is 0 Å². The Hall–Kier alpha value is -2.64. The van der Waals surface area contributed by atoms with Crippen LogP contribution in [0.3, 0.4) is 0 Å². The number of carbonyl (C=O) groups excluding carboxylic acids is 2. The summed E-state index contributed by atoms with van der Waals surface area (Å²) in [5.41, 5.74) is 3.89. The number of thioether (sulfide) groups is 1. The topological polar surface area (TPSA) is 71.1 Å². The van der Waals surface area contributed by atoms with Crippen molar-refractivity contribution in [2.75, 3.05) is 10.6 Å². The minimum atomic E-state index is -0.451. The normalized spacial score (nSPS) is 15.6. The number of nitrogens with one attached hydrogen (secondary N) is 2. The number of fused-ring (bicyclic) bond motifs is 1. The Morgan fingerprint density at radius 3 is 2.68 bits per heavy atom. The van der Waals surface area contributed by atoms with Gasteiger partial charge in [0.2, 0.25) is 11.8 Å². The highest BCUT2D eigenvalue weighted by molar-refractivity contribution is 8.01. The van der Waals surface area contributed by atoms with E-state index in [1.165, 1.54) is 28.7 Å². The standard InChI is InChI=1S/C21H19N3O2S2/c1-12-7-9-14(10-8-12)19-13(2)27-21(24-19)23-18(25)11-17-20(26)22-15-5-3-4-6-16(15)28-17/h3-10,17H,11H2,1-2H3,(H,22,26)(H,23,24,25). The maximum absolute atomic E-state index is 12.5. The second-order valence-electron chi connectivity index (χ2n) is 6.63. The molecule has 3 aromatic rings. The molecule has 2 aromatic carbocycles. The lowest BCUT2D eigenvalue weighted by Crippen LogP contribution is -2.32. The van der Waals surface area contributed by atoms with Gasteiger partial charge in [0, 0.05) is 21.8 Å². The van der Waals surface area contributed by atoms with Crippen molar-refractivity contribution in [3.05, 3.63) is 59.0 Å². The number of benzene rings is 2. The summed E-state index contributed by atoms with van der Waals surface area (Å²) in [6.07, 6.45) is 0.101. The van der Waals surface area contributed by atoms with Crippen molar-refractivity contribution in [1.29, 1.82) is 0 Å². The van der Waals surface area contributed by atoms with Gasteiger partial charge in [0.1, 0.15) is 0 Å². The average Bonchev–Trinajstić information content (AvgIpc) is 3.03. The van der Waals surface area contributed by atoms with E-state index in [2.05, 4.69) is 15.6 Å². The van der Waals surface area contributed by atoms with Gasteiger partial charge in [-0.25, -0.2) is 4.98 Å².